The standard InChI is InChI=1S/C14H17ClN2O/c1-2-11-10-17(7-4-8-18-11)14-6-3-5-13(15)12(14)9-16/h3,5-6,11H,2,4,7-8,10H2,1H3. The lowest BCUT2D eigenvalue weighted by Gasteiger charge is -2.26. The second-order valence-electron chi connectivity index (χ2n) is 4.45. The van der Waals surface area contributed by atoms with Gasteiger partial charge in [-0.1, -0.05) is 24.6 Å². The number of hydrogen-bond acceptors (Lipinski definition) is 3. The highest BCUT2D eigenvalue weighted by Crippen LogP contribution is 2.28. The van der Waals surface area contributed by atoms with E-state index in [1.165, 1.54) is 0 Å². The Bertz CT molecular complexity index is 456. The normalized spacial score (nSPS) is 20.3. The summed E-state index contributed by atoms with van der Waals surface area (Å²) in [4.78, 5) is 2.21. The van der Waals surface area contributed by atoms with Gasteiger partial charge in [-0.2, -0.15) is 5.26 Å². The summed E-state index contributed by atoms with van der Waals surface area (Å²) in [6, 6.07) is 7.81. The van der Waals surface area contributed by atoms with Gasteiger partial charge in [-0.15, -0.1) is 0 Å². The van der Waals surface area contributed by atoms with Crippen LogP contribution in [0.5, 0.6) is 0 Å². The highest BCUT2D eigenvalue weighted by Gasteiger charge is 2.20. The molecule has 2 rings (SSSR count). The minimum absolute atomic E-state index is 0.234. The van der Waals surface area contributed by atoms with Crippen LogP contribution in [0.4, 0.5) is 5.69 Å². The maximum absolute atomic E-state index is 9.23. The van der Waals surface area contributed by atoms with Crippen molar-refractivity contribution in [2.75, 3.05) is 24.6 Å². The van der Waals surface area contributed by atoms with E-state index in [0.717, 1.165) is 38.2 Å². The first-order chi connectivity index (χ1) is 8.76. The first kappa shape index (κ1) is 13.2. The highest BCUT2D eigenvalue weighted by molar-refractivity contribution is 6.32. The third-order valence-corrected chi connectivity index (χ3v) is 3.56. The largest absolute Gasteiger partial charge is 0.376 e. The second kappa shape index (κ2) is 6.08. The van der Waals surface area contributed by atoms with Gasteiger partial charge >= 0.3 is 0 Å². The first-order valence-corrected chi connectivity index (χ1v) is 6.69. The van der Waals surface area contributed by atoms with Crippen LogP contribution in [0.3, 0.4) is 0 Å². The minimum atomic E-state index is 0.234. The van der Waals surface area contributed by atoms with Crippen molar-refractivity contribution in [3.8, 4) is 6.07 Å². The Labute approximate surface area is 113 Å². The van der Waals surface area contributed by atoms with Crippen molar-refractivity contribution in [2.24, 2.45) is 0 Å². The van der Waals surface area contributed by atoms with Gasteiger partial charge in [0.05, 0.1) is 22.4 Å². The number of benzene rings is 1. The zero-order chi connectivity index (χ0) is 13.0. The Morgan fingerprint density at radius 3 is 3.11 bits per heavy atom. The fourth-order valence-electron chi connectivity index (χ4n) is 2.25. The van der Waals surface area contributed by atoms with Gasteiger partial charge in [-0.3, -0.25) is 0 Å². The zero-order valence-corrected chi connectivity index (χ0v) is 11.3. The zero-order valence-electron chi connectivity index (χ0n) is 10.5. The van der Waals surface area contributed by atoms with Crippen LogP contribution >= 0.6 is 11.6 Å². The topological polar surface area (TPSA) is 36.3 Å². The number of hydrogen-bond donors (Lipinski definition) is 0. The quantitative estimate of drug-likeness (QED) is 0.823. The number of ether oxygens (including phenoxy) is 1. The van der Waals surface area contributed by atoms with Gasteiger partial charge in [0.25, 0.3) is 0 Å². The van der Waals surface area contributed by atoms with Gasteiger partial charge < -0.3 is 9.64 Å². The molecular formula is C14H17ClN2O. The molecule has 96 valence electrons. The molecule has 3 nitrogen and oxygen atoms in total. The average Bonchev–Trinajstić information content (AvgIpc) is 2.63. The summed E-state index contributed by atoms with van der Waals surface area (Å²) in [6.07, 6.45) is 2.20. The highest BCUT2D eigenvalue weighted by atomic mass is 35.5. The first-order valence-electron chi connectivity index (χ1n) is 6.31. The molecule has 1 aromatic rings. The Kier molecular flexibility index (Phi) is 4.46. The lowest BCUT2D eigenvalue weighted by molar-refractivity contribution is 0.0664. The van der Waals surface area contributed by atoms with E-state index in [1.54, 1.807) is 6.07 Å². The molecule has 0 radical (unpaired) electrons. The van der Waals surface area contributed by atoms with Crippen LogP contribution in [0, 0.1) is 11.3 Å². The number of rotatable bonds is 2. The van der Waals surface area contributed by atoms with E-state index in [4.69, 9.17) is 16.3 Å². The van der Waals surface area contributed by atoms with Crippen molar-refractivity contribution in [2.45, 2.75) is 25.9 Å². The van der Waals surface area contributed by atoms with Crippen molar-refractivity contribution < 1.29 is 4.74 Å². The fourth-order valence-corrected chi connectivity index (χ4v) is 2.46. The van der Waals surface area contributed by atoms with Crippen LogP contribution in [0.25, 0.3) is 0 Å². The number of halogens is 1. The average molecular weight is 265 g/mol. The van der Waals surface area contributed by atoms with E-state index in [0.29, 0.717) is 10.6 Å². The summed E-state index contributed by atoms with van der Waals surface area (Å²) in [6.45, 7) is 4.64. The molecule has 1 unspecified atom stereocenters. The van der Waals surface area contributed by atoms with Crippen LogP contribution in [0.2, 0.25) is 5.02 Å². The van der Waals surface area contributed by atoms with Crippen molar-refractivity contribution in [3.63, 3.8) is 0 Å². The van der Waals surface area contributed by atoms with Gasteiger partial charge in [0.1, 0.15) is 6.07 Å². The Morgan fingerprint density at radius 1 is 1.56 bits per heavy atom. The molecule has 1 heterocycles. The predicted octanol–water partition coefficient (Wildman–Crippen LogP) is 3.22. The second-order valence-corrected chi connectivity index (χ2v) is 4.85. The third-order valence-electron chi connectivity index (χ3n) is 3.25. The van der Waals surface area contributed by atoms with E-state index in [9.17, 15) is 5.26 Å². The van der Waals surface area contributed by atoms with Gasteiger partial charge in [0, 0.05) is 19.7 Å². The third kappa shape index (κ3) is 2.77. The summed E-state index contributed by atoms with van der Waals surface area (Å²) >= 11 is 6.08. The molecular weight excluding hydrogens is 248 g/mol. The molecule has 1 aromatic carbocycles. The van der Waals surface area contributed by atoms with Gasteiger partial charge in [-0.05, 0) is 25.0 Å². The van der Waals surface area contributed by atoms with E-state index < -0.39 is 0 Å². The Balaban J connectivity index is 2.30. The van der Waals surface area contributed by atoms with Crippen LogP contribution < -0.4 is 4.90 Å². The van der Waals surface area contributed by atoms with Crippen molar-refractivity contribution >= 4 is 17.3 Å². The molecule has 1 fully saturated rings. The predicted molar refractivity (Wildman–Crippen MR) is 73.0 cm³/mol. The van der Waals surface area contributed by atoms with Gasteiger partial charge in [-0.25, -0.2) is 0 Å². The molecule has 0 N–H and O–H groups in total. The molecule has 4 heteroatoms. The number of nitrogens with zero attached hydrogens (tertiary/aromatic N) is 2. The summed E-state index contributed by atoms with van der Waals surface area (Å²) in [5.41, 5.74) is 1.49. The molecule has 0 spiro atoms. The molecule has 18 heavy (non-hydrogen) atoms. The van der Waals surface area contributed by atoms with Gasteiger partial charge in [0.2, 0.25) is 0 Å². The van der Waals surface area contributed by atoms with Crippen molar-refractivity contribution in [1.82, 2.24) is 0 Å². The van der Waals surface area contributed by atoms with Crippen LogP contribution in [-0.4, -0.2) is 25.8 Å². The molecule has 1 atom stereocenters. The van der Waals surface area contributed by atoms with Crippen molar-refractivity contribution in [1.29, 1.82) is 5.26 Å². The van der Waals surface area contributed by atoms with E-state index in [2.05, 4.69) is 17.9 Å². The Morgan fingerprint density at radius 2 is 2.39 bits per heavy atom. The molecule has 1 aliphatic rings. The molecule has 0 aromatic heterocycles. The Hall–Kier alpha value is -1.24. The SMILES string of the molecule is CCC1CN(c2cccc(Cl)c2C#N)CCCO1. The van der Waals surface area contributed by atoms with Gasteiger partial charge in [0.15, 0.2) is 0 Å². The maximum atomic E-state index is 9.23. The van der Waals surface area contributed by atoms with Crippen LogP contribution in [0.15, 0.2) is 18.2 Å². The lowest BCUT2D eigenvalue weighted by Crippen LogP contribution is -2.31. The summed E-state index contributed by atoms with van der Waals surface area (Å²) in [7, 11) is 0. The smallest absolute Gasteiger partial charge is 0.103 e. The van der Waals surface area contributed by atoms with E-state index in [-0.39, 0.29) is 6.10 Å². The molecule has 1 aliphatic heterocycles. The van der Waals surface area contributed by atoms with E-state index in [1.807, 2.05) is 12.1 Å². The van der Waals surface area contributed by atoms with Crippen LogP contribution in [0.1, 0.15) is 25.3 Å². The van der Waals surface area contributed by atoms with E-state index >= 15 is 0 Å². The molecule has 0 bridgehead atoms. The van der Waals surface area contributed by atoms with Crippen molar-refractivity contribution in [3.05, 3.63) is 28.8 Å². The molecule has 0 saturated carbocycles. The monoisotopic (exact) mass is 264 g/mol. The number of nitriles is 1. The summed E-state index contributed by atoms with van der Waals surface area (Å²) in [5.74, 6) is 0. The molecule has 0 aliphatic carbocycles. The molecule has 1 saturated heterocycles. The fraction of sp³-hybridized carbons (Fsp3) is 0.500. The molecule has 0 amide bonds. The maximum Gasteiger partial charge on any atom is 0.103 e. The number of anilines is 1. The minimum Gasteiger partial charge on any atom is -0.376 e. The summed E-state index contributed by atoms with van der Waals surface area (Å²) in [5, 5.41) is 9.75. The lowest BCUT2D eigenvalue weighted by atomic mass is 10.1. The van der Waals surface area contributed by atoms with Crippen LogP contribution in [-0.2, 0) is 4.74 Å². The summed E-state index contributed by atoms with van der Waals surface area (Å²) < 4.78 is 5.75.